The summed E-state index contributed by atoms with van der Waals surface area (Å²) >= 11 is 3.34. The molecule has 1 heterocycles. The van der Waals surface area contributed by atoms with Gasteiger partial charge in [0, 0.05) is 10.2 Å². The maximum Gasteiger partial charge on any atom is 0.335 e. The largest absolute Gasteiger partial charge is 0.478 e. The van der Waals surface area contributed by atoms with Gasteiger partial charge in [-0.3, -0.25) is 9.59 Å². The molecule has 2 aromatic carbocycles. The van der Waals surface area contributed by atoms with Crippen LogP contribution in [0, 0.1) is 0 Å². The molecule has 1 atom stereocenters. The van der Waals surface area contributed by atoms with Crippen LogP contribution < -0.4 is 10.2 Å². The van der Waals surface area contributed by atoms with Gasteiger partial charge >= 0.3 is 5.97 Å². The van der Waals surface area contributed by atoms with Crippen LogP contribution in [0.5, 0.6) is 0 Å². The summed E-state index contributed by atoms with van der Waals surface area (Å²) in [5.41, 5.74) is 1.21. The average molecular weight is 389 g/mol. The molecule has 24 heavy (non-hydrogen) atoms. The van der Waals surface area contributed by atoms with E-state index in [0.29, 0.717) is 5.69 Å². The van der Waals surface area contributed by atoms with E-state index in [9.17, 15) is 14.4 Å². The first-order valence-corrected chi connectivity index (χ1v) is 7.97. The van der Waals surface area contributed by atoms with E-state index in [-0.39, 0.29) is 23.8 Å². The van der Waals surface area contributed by atoms with Gasteiger partial charge in [0.1, 0.15) is 6.04 Å². The number of carboxylic acid groups (broad SMARTS) is 1. The second kappa shape index (κ2) is 6.45. The molecule has 0 aliphatic carbocycles. The van der Waals surface area contributed by atoms with E-state index in [4.69, 9.17) is 5.11 Å². The molecule has 0 radical (unpaired) electrons. The minimum atomic E-state index is -1.06. The zero-order chi connectivity index (χ0) is 17.3. The monoisotopic (exact) mass is 388 g/mol. The van der Waals surface area contributed by atoms with E-state index in [1.807, 2.05) is 24.3 Å². The molecular formula is C17H13BrN2O4. The van der Waals surface area contributed by atoms with Crippen molar-refractivity contribution in [3.8, 4) is 0 Å². The number of halogens is 1. The van der Waals surface area contributed by atoms with Crippen LogP contribution in [0.2, 0.25) is 0 Å². The molecule has 0 bridgehead atoms. The summed E-state index contributed by atoms with van der Waals surface area (Å²) in [4.78, 5) is 36.7. The zero-order valence-corrected chi connectivity index (χ0v) is 14.0. The number of benzene rings is 2. The summed E-state index contributed by atoms with van der Waals surface area (Å²) in [6.45, 7) is 0. The number of imide groups is 1. The SMILES string of the molecule is O=C(O)c1ccc(N2C(=O)C[C@H](Nc3ccc(Br)cc3)C2=O)cc1. The first kappa shape index (κ1) is 16.2. The molecule has 122 valence electrons. The Morgan fingerprint density at radius 2 is 1.71 bits per heavy atom. The topological polar surface area (TPSA) is 86.7 Å². The highest BCUT2D eigenvalue weighted by atomic mass is 79.9. The minimum absolute atomic E-state index is 0.0512. The van der Waals surface area contributed by atoms with Gasteiger partial charge in [-0.1, -0.05) is 15.9 Å². The molecule has 1 fully saturated rings. The molecule has 2 amide bonds. The van der Waals surface area contributed by atoms with Crippen molar-refractivity contribution >= 4 is 45.1 Å². The number of nitrogens with one attached hydrogen (secondary N) is 1. The van der Waals surface area contributed by atoms with Crippen LogP contribution >= 0.6 is 15.9 Å². The zero-order valence-electron chi connectivity index (χ0n) is 12.4. The molecule has 0 aromatic heterocycles. The van der Waals surface area contributed by atoms with Gasteiger partial charge in [-0.25, -0.2) is 9.69 Å². The highest BCUT2D eigenvalue weighted by Crippen LogP contribution is 2.25. The molecule has 2 aromatic rings. The van der Waals surface area contributed by atoms with Crippen LogP contribution in [-0.2, 0) is 9.59 Å². The van der Waals surface area contributed by atoms with Crippen LogP contribution in [0.3, 0.4) is 0 Å². The molecular weight excluding hydrogens is 376 g/mol. The average Bonchev–Trinajstić information content (AvgIpc) is 2.83. The van der Waals surface area contributed by atoms with E-state index in [1.165, 1.54) is 24.3 Å². The van der Waals surface area contributed by atoms with E-state index in [1.54, 1.807) is 0 Å². The molecule has 7 heteroatoms. The Balaban J connectivity index is 1.78. The van der Waals surface area contributed by atoms with Crippen molar-refractivity contribution in [1.82, 2.24) is 0 Å². The van der Waals surface area contributed by atoms with Gasteiger partial charge in [0.2, 0.25) is 5.91 Å². The van der Waals surface area contributed by atoms with Crippen LogP contribution in [0.15, 0.2) is 53.0 Å². The number of hydrogen-bond donors (Lipinski definition) is 2. The Bertz CT molecular complexity index is 802. The Morgan fingerprint density at radius 3 is 2.29 bits per heavy atom. The van der Waals surface area contributed by atoms with E-state index in [0.717, 1.165) is 15.1 Å². The molecule has 6 nitrogen and oxygen atoms in total. The molecule has 0 unspecified atom stereocenters. The predicted octanol–water partition coefficient (Wildman–Crippen LogP) is 2.89. The standard InChI is InChI=1S/C17H13BrN2O4/c18-11-3-5-12(6-4-11)19-14-9-15(21)20(16(14)22)13-7-1-10(2-8-13)17(23)24/h1-8,14,19H,9H2,(H,23,24)/t14-/m0/s1. The normalized spacial score (nSPS) is 17.2. The summed E-state index contributed by atoms with van der Waals surface area (Å²) in [6.07, 6.45) is 0.0512. The summed E-state index contributed by atoms with van der Waals surface area (Å²) in [5, 5.41) is 12.0. The lowest BCUT2D eigenvalue weighted by molar-refractivity contribution is -0.121. The Kier molecular flexibility index (Phi) is 4.35. The highest BCUT2D eigenvalue weighted by Gasteiger charge is 2.39. The number of rotatable bonds is 4. The number of carboxylic acids is 1. The maximum absolute atomic E-state index is 12.5. The van der Waals surface area contributed by atoms with Gasteiger partial charge in [0.25, 0.3) is 5.91 Å². The second-order valence-corrected chi connectivity index (χ2v) is 6.24. The lowest BCUT2D eigenvalue weighted by Gasteiger charge is -2.16. The Morgan fingerprint density at radius 1 is 1.08 bits per heavy atom. The molecule has 0 spiro atoms. The summed E-state index contributed by atoms with van der Waals surface area (Å²) in [5.74, 6) is -1.74. The van der Waals surface area contributed by atoms with Crippen molar-refractivity contribution in [2.75, 3.05) is 10.2 Å². The van der Waals surface area contributed by atoms with Crippen molar-refractivity contribution in [3.05, 3.63) is 58.6 Å². The van der Waals surface area contributed by atoms with Crippen LogP contribution in [0.1, 0.15) is 16.8 Å². The van der Waals surface area contributed by atoms with Gasteiger partial charge in [0.05, 0.1) is 17.7 Å². The predicted molar refractivity (Wildman–Crippen MR) is 92.1 cm³/mol. The lowest BCUT2D eigenvalue weighted by atomic mass is 10.2. The van der Waals surface area contributed by atoms with Crippen LogP contribution in [0.4, 0.5) is 11.4 Å². The third-order valence-electron chi connectivity index (χ3n) is 3.70. The Labute approximate surface area is 146 Å². The molecule has 0 saturated carbocycles. The fourth-order valence-corrected chi connectivity index (χ4v) is 2.78. The van der Waals surface area contributed by atoms with Gasteiger partial charge in [-0.05, 0) is 48.5 Å². The molecule has 1 aliphatic rings. The smallest absolute Gasteiger partial charge is 0.335 e. The fourth-order valence-electron chi connectivity index (χ4n) is 2.52. The van der Waals surface area contributed by atoms with E-state index >= 15 is 0 Å². The van der Waals surface area contributed by atoms with Crippen molar-refractivity contribution in [3.63, 3.8) is 0 Å². The number of anilines is 2. The molecule has 2 N–H and O–H groups in total. The lowest BCUT2D eigenvalue weighted by Crippen LogP contribution is -2.34. The summed E-state index contributed by atoms with van der Waals surface area (Å²) < 4.78 is 0.919. The van der Waals surface area contributed by atoms with Crippen molar-refractivity contribution in [2.45, 2.75) is 12.5 Å². The van der Waals surface area contributed by atoms with Crippen molar-refractivity contribution in [2.24, 2.45) is 0 Å². The summed E-state index contributed by atoms with van der Waals surface area (Å²) in [7, 11) is 0. The molecule has 3 rings (SSSR count). The summed E-state index contributed by atoms with van der Waals surface area (Å²) in [6, 6.07) is 12.3. The first-order chi connectivity index (χ1) is 11.5. The maximum atomic E-state index is 12.5. The number of aromatic carboxylic acids is 1. The molecule has 1 saturated heterocycles. The van der Waals surface area contributed by atoms with Crippen LogP contribution in [0.25, 0.3) is 0 Å². The van der Waals surface area contributed by atoms with Gasteiger partial charge in [-0.15, -0.1) is 0 Å². The fraction of sp³-hybridized carbons (Fsp3) is 0.118. The number of carbonyl (C=O) groups is 3. The van der Waals surface area contributed by atoms with Crippen molar-refractivity contribution < 1.29 is 19.5 Å². The van der Waals surface area contributed by atoms with E-state index in [2.05, 4.69) is 21.2 Å². The van der Waals surface area contributed by atoms with Gasteiger partial charge in [0.15, 0.2) is 0 Å². The molecule has 1 aliphatic heterocycles. The number of hydrogen-bond acceptors (Lipinski definition) is 4. The number of nitrogens with zero attached hydrogens (tertiary/aromatic N) is 1. The number of amides is 2. The van der Waals surface area contributed by atoms with Gasteiger partial charge < -0.3 is 10.4 Å². The van der Waals surface area contributed by atoms with Crippen molar-refractivity contribution in [1.29, 1.82) is 0 Å². The third-order valence-corrected chi connectivity index (χ3v) is 4.23. The van der Waals surface area contributed by atoms with E-state index < -0.39 is 12.0 Å². The number of carbonyl (C=O) groups excluding carboxylic acids is 2. The third kappa shape index (κ3) is 3.16. The second-order valence-electron chi connectivity index (χ2n) is 5.33. The quantitative estimate of drug-likeness (QED) is 0.786. The minimum Gasteiger partial charge on any atom is -0.478 e. The first-order valence-electron chi connectivity index (χ1n) is 7.18. The Hall–Kier alpha value is -2.67. The van der Waals surface area contributed by atoms with Crippen LogP contribution in [-0.4, -0.2) is 28.9 Å². The van der Waals surface area contributed by atoms with Gasteiger partial charge in [-0.2, -0.15) is 0 Å². The highest BCUT2D eigenvalue weighted by molar-refractivity contribution is 9.10.